The number of aromatic nitrogens is 2. The minimum atomic E-state index is -0.791. The molecule has 18 heavy (non-hydrogen) atoms. The lowest BCUT2D eigenvalue weighted by Gasteiger charge is -2.08. The maximum Gasteiger partial charge on any atom is 0.306 e. The quantitative estimate of drug-likeness (QED) is 0.868. The van der Waals surface area contributed by atoms with E-state index in [4.69, 9.17) is 5.11 Å². The van der Waals surface area contributed by atoms with Gasteiger partial charge in [0.05, 0.1) is 12.1 Å². The number of carboxylic acids is 1. The van der Waals surface area contributed by atoms with E-state index in [0.717, 1.165) is 22.4 Å². The maximum atomic E-state index is 10.9. The molecular formula is C14H16N2O2. The minimum Gasteiger partial charge on any atom is -0.481 e. The van der Waals surface area contributed by atoms with Crippen molar-refractivity contribution in [2.45, 2.75) is 20.3 Å². The van der Waals surface area contributed by atoms with Gasteiger partial charge in [0.15, 0.2) is 0 Å². The molecule has 1 aromatic heterocycles. The lowest BCUT2D eigenvalue weighted by Crippen LogP contribution is -2.13. The second-order valence-electron chi connectivity index (χ2n) is 4.52. The average molecular weight is 244 g/mol. The van der Waals surface area contributed by atoms with Crippen LogP contribution in [0.1, 0.15) is 18.2 Å². The van der Waals surface area contributed by atoms with E-state index in [0.29, 0.717) is 6.42 Å². The number of aryl methyl sites for hydroxylation is 1. The molecule has 1 atom stereocenters. The zero-order valence-corrected chi connectivity index (χ0v) is 10.5. The van der Waals surface area contributed by atoms with Gasteiger partial charge in [-0.25, -0.2) is 0 Å². The topological polar surface area (TPSA) is 66.0 Å². The van der Waals surface area contributed by atoms with Crippen LogP contribution in [0.5, 0.6) is 0 Å². The van der Waals surface area contributed by atoms with Crippen molar-refractivity contribution in [2.75, 3.05) is 0 Å². The summed E-state index contributed by atoms with van der Waals surface area (Å²) in [5.41, 5.74) is 4.11. The Hall–Kier alpha value is -2.10. The number of carbonyl (C=O) groups is 1. The van der Waals surface area contributed by atoms with Gasteiger partial charge in [0.2, 0.25) is 0 Å². The Labute approximate surface area is 106 Å². The number of nitrogens with one attached hydrogen (secondary N) is 1. The first kappa shape index (κ1) is 12.4. The highest BCUT2D eigenvalue weighted by molar-refractivity contribution is 5.72. The highest BCUT2D eigenvalue weighted by atomic mass is 16.4. The predicted molar refractivity (Wildman–Crippen MR) is 69.3 cm³/mol. The van der Waals surface area contributed by atoms with Crippen molar-refractivity contribution in [2.24, 2.45) is 5.92 Å². The third kappa shape index (κ3) is 2.42. The lowest BCUT2D eigenvalue weighted by atomic mass is 9.97. The number of hydrogen-bond acceptors (Lipinski definition) is 2. The van der Waals surface area contributed by atoms with E-state index in [1.165, 1.54) is 0 Å². The first-order chi connectivity index (χ1) is 8.59. The molecule has 94 valence electrons. The molecule has 4 heteroatoms. The van der Waals surface area contributed by atoms with Crippen LogP contribution in [-0.2, 0) is 11.2 Å². The lowest BCUT2D eigenvalue weighted by molar-refractivity contribution is -0.141. The molecule has 0 aliphatic heterocycles. The molecule has 0 saturated carbocycles. The number of hydrogen-bond donors (Lipinski definition) is 2. The van der Waals surface area contributed by atoms with Crippen LogP contribution in [0.15, 0.2) is 30.5 Å². The van der Waals surface area contributed by atoms with Crippen LogP contribution in [0.2, 0.25) is 0 Å². The van der Waals surface area contributed by atoms with Crippen LogP contribution >= 0.6 is 0 Å². The van der Waals surface area contributed by atoms with Crippen molar-refractivity contribution in [1.29, 1.82) is 0 Å². The molecule has 0 bridgehead atoms. The van der Waals surface area contributed by atoms with E-state index in [9.17, 15) is 4.79 Å². The van der Waals surface area contributed by atoms with E-state index < -0.39 is 11.9 Å². The van der Waals surface area contributed by atoms with Crippen molar-refractivity contribution < 1.29 is 9.90 Å². The monoisotopic (exact) mass is 244 g/mol. The van der Waals surface area contributed by atoms with Gasteiger partial charge in [0.25, 0.3) is 0 Å². The van der Waals surface area contributed by atoms with Crippen molar-refractivity contribution in [3.05, 3.63) is 41.7 Å². The molecule has 0 spiro atoms. The van der Waals surface area contributed by atoms with E-state index in [-0.39, 0.29) is 0 Å². The summed E-state index contributed by atoms with van der Waals surface area (Å²) in [6.45, 7) is 3.73. The fourth-order valence-electron chi connectivity index (χ4n) is 1.97. The summed E-state index contributed by atoms with van der Waals surface area (Å²) in [6, 6.07) is 8.01. The summed E-state index contributed by atoms with van der Waals surface area (Å²) in [5, 5.41) is 15.9. The molecule has 0 aliphatic rings. The molecule has 0 radical (unpaired) electrons. The molecule has 0 saturated heterocycles. The molecule has 2 aromatic rings. The van der Waals surface area contributed by atoms with E-state index in [1.807, 2.05) is 31.2 Å². The van der Waals surface area contributed by atoms with Crippen molar-refractivity contribution >= 4 is 5.97 Å². The largest absolute Gasteiger partial charge is 0.481 e. The predicted octanol–water partition coefficient (Wildman–Crippen LogP) is 2.65. The van der Waals surface area contributed by atoms with E-state index >= 15 is 0 Å². The van der Waals surface area contributed by atoms with Crippen LogP contribution in [0.25, 0.3) is 11.1 Å². The zero-order valence-electron chi connectivity index (χ0n) is 10.5. The molecule has 0 amide bonds. The second kappa shape index (κ2) is 5.04. The SMILES string of the molecule is Cc1ccccc1-c1cn[nH]c1CC(C)C(=O)O. The van der Waals surface area contributed by atoms with Crippen LogP contribution in [0.3, 0.4) is 0 Å². The molecule has 1 aromatic carbocycles. The van der Waals surface area contributed by atoms with Crippen molar-refractivity contribution in [1.82, 2.24) is 10.2 Å². The third-order valence-corrected chi connectivity index (χ3v) is 3.09. The Kier molecular flexibility index (Phi) is 3.46. The molecule has 2 rings (SSSR count). The standard InChI is InChI=1S/C14H16N2O2/c1-9-5-3-4-6-11(9)12-8-15-16-13(12)7-10(2)14(17)18/h3-6,8,10H,7H2,1-2H3,(H,15,16)(H,17,18). The van der Waals surface area contributed by atoms with Crippen LogP contribution in [-0.4, -0.2) is 21.3 Å². The van der Waals surface area contributed by atoms with Gasteiger partial charge < -0.3 is 5.11 Å². The van der Waals surface area contributed by atoms with Gasteiger partial charge in [-0.3, -0.25) is 9.89 Å². The van der Waals surface area contributed by atoms with Gasteiger partial charge in [-0.2, -0.15) is 5.10 Å². The van der Waals surface area contributed by atoms with Crippen LogP contribution in [0, 0.1) is 12.8 Å². The summed E-state index contributed by atoms with van der Waals surface area (Å²) in [6.07, 6.45) is 2.21. The number of aliphatic carboxylic acids is 1. The third-order valence-electron chi connectivity index (χ3n) is 3.09. The maximum absolute atomic E-state index is 10.9. The van der Waals surface area contributed by atoms with E-state index in [2.05, 4.69) is 10.2 Å². The smallest absolute Gasteiger partial charge is 0.306 e. The van der Waals surface area contributed by atoms with Gasteiger partial charge in [-0.1, -0.05) is 31.2 Å². The normalized spacial score (nSPS) is 12.3. The number of rotatable bonds is 4. The summed E-state index contributed by atoms with van der Waals surface area (Å²) >= 11 is 0. The number of nitrogens with zero attached hydrogens (tertiary/aromatic N) is 1. The summed E-state index contributed by atoms with van der Waals surface area (Å²) in [7, 11) is 0. The van der Waals surface area contributed by atoms with Gasteiger partial charge in [-0.15, -0.1) is 0 Å². The molecule has 0 fully saturated rings. The fourth-order valence-corrected chi connectivity index (χ4v) is 1.97. The molecule has 1 unspecified atom stereocenters. The summed E-state index contributed by atoms with van der Waals surface area (Å²) in [5.74, 6) is -1.21. The van der Waals surface area contributed by atoms with Crippen LogP contribution in [0.4, 0.5) is 0 Å². The first-order valence-electron chi connectivity index (χ1n) is 5.90. The Morgan fingerprint density at radius 2 is 2.11 bits per heavy atom. The number of benzene rings is 1. The summed E-state index contributed by atoms with van der Waals surface area (Å²) in [4.78, 5) is 10.9. The first-order valence-corrected chi connectivity index (χ1v) is 5.90. The Bertz CT molecular complexity index is 560. The zero-order chi connectivity index (χ0) is 13.1. The molecular weight excluding hydrogens is 228 g/mol. The Morgan fingerprint density at radius 3 is 2.78 bits per heavy atom. The fraction of sp³-hybridized carbons (Fsp3) is 0.286. The average Bonchev–Trinajstić information content (AvgIpc) is 2.77. The van der Waals surface area contributed by atoms with Gasteiger partial charge in [0, 0.05) is 17.7 Å². The highest BCUT2D eigenvalue weighted by Crippen LogP contribution is 2.26. The van der Waals surface area contributed by atoms with Gasteiger partial charge in [0.1, 0.15) is 0 Å². The summed E-state index contributed by atoms with van der Waals surface area (Å²) < 4.78 is 0. The number of aromatic amines is 1. The number of carboxylic acid groups (broad SMARTS) is 1. The molecule has 1 heterocycles. The molecule has 2 N–H and O–H groups in total. The van der Waals surface area contributed by atoms with Crippen molar-refractivity contribution in [3.8, 4) is 11.1 Å². The van der Waals surface area contributed by atoms with E-state index in [1.54, 1.807) is 13.1 Å². The second-order valence-corrected chi connectivity index (χ2v) is 4.52. The van der Waals surface area contributed by atoms with Crippen LogP contribution < -0.4 is 0 Å². The Balaban J connectivity index is 2.34. The number of H-pyrrole nitrogens is 1. The van der Waals surface area contributed by atoms with Gasteiger partial charge >= 0.3 is 5.97 Å². The molecule has 0 aliphatic carbocycles. The van der Waals surface area contributed by atoms with Gasteiger partial charge in [-0.05, 0) is 18.1 Å². The van der Waals surface area contributed by atoms with Crippen molar-refractivity contribution in [3.63, 3.8) is 0 Å². The molecule has 4 nitrogen and oxygen atoms in total. The minimum absolute atomic E-state index is 0.423. The Morgan fingerprint density at radius 1 is 1.39 bits per heavy atom. The highest BCUT2D eigenvalue weighted by Gasteiger charge is 2.16.